The van der Waals surface area contributed by atoms with E-state index >= 15 is 0 Å². The van der Waals surface area contributed by atoms with Crippen LogP contribution in [-0.2, 0) is 11.3 Å². The number of nitrogens with one attached hydrogen (secondary N) is 2. The van der Waals surface area contributed by atoms with Crippen molar-refractivity contribution >= 4 is 23.1 Å². The number of hydrogen-bond donors (Lipinski definition) is 2. The van der Waals surface area contributed by atoms with Crippen LogP contribution in [0.3, 0.4) is 0 Å². The van der Waals surface area contributed by atoms with Crippen molar-refractivity contribution in [3.63, 3.8) is 0 Å². The summed E-state index contributed by atoms with van der Waals surface area (Å²) < 4.78 is 5.39. The summed E-state index contributed by atoms with van der Waals surface area (Å²) in [6.07, 6.45) is 1.80. The fourth-order valence-electron chi connectivity index (χ4n) is 2.65. The number of anilines is 4. The standard InChI is InChI=1S/C15H17N5O/c1-2-11-10-17-15-12(18-14(11)16-5-1)3-4-13(19-15)20-6-8-21-9-7-20/h1-5H,6-10H2,(H,16,18)(H,17,19). The van der Waals surface area contributed by atoms with Crippen LogP contribution in [0.2, 0.25) is 0 Å². The molecule has 0 amide bonds. The van der Waals surface area contributed by atoms with Crippen molar-refractivity contribution in [3.8, 4) is 0 Å². The lowest BCUT2D eigenvalue weighted by molar-refractivity contribution is 0.122. The molecular weight excluding hydrogens is 266 g/mol. The fraction of sp³-hybridized carbons (Fsp3) is 0.333. The molecule has 6 heteroatoms. The van der Waals surface area contributed by atoms with Gasteiger partial charge in [0.05, 0.1) is 18.9 Å². The van der Waals surface area contributed by atoms with E-state index in [0.29, 0.717) is 0 Å². The van der Waals surface area contributed by atoms with Crippen LogP contribution in [0.5, 0.6) is 0 Å². The lowest BCUT2D eigenvalue weighted by Gasteiger charge is -2.28. The molecule has 2 aliphatic rings. The van der Waals surface area contributed by atoms with Crippen molar-refractivity contribution in [1.29, 1.82) is 0 Å². The molecular formula is C15H17N5O. The summed E-state index contributed by atoms with van der Waals surface area (Å²) in [7, 11) is 0. The molecule has 1 saturated heterocycles. The molecule has 0 atom stereocenters. The second-order valence-corrected chi connectivity index (χ2v) is 5.15. The number of ether oxygens (including phenoxy) is 1. The molecule has 0 radical (unpaired) electrons. The Balaban J connectivity index is 1.64. The summed E-state index contributed by atoms with van der Waals surface area (Å²) in [4.78, 5) is 11.4. The van der Waals surface area contributed by atoms with E-state index in [-0.39, 0.29) is 0 Å². The molecule has 0 bridgehead atoms. The summed E-state index contributed by atoms with van der Waals surface area (Å²) in [5.41, 5.74) is 2.10. The van der Waals surface area contributed by atoms with Gasteiger partial charge in [-0.1, -0.05) is 6.07 Å². The van der Waals surface area contributed by atoms with Gasteiger partial charge in [0.1, 0.15) is 11.6 Å². The fourth-order valence-corrected chi connectivity index (χ4v) is 2.65. The average molecular weight is 283 g/mol. The van der Waals surface area contributed by atoms with Gasteiger partial charge in [-0.25, -0.2) is 9.97 Å². The molecule has 0 spiro atoms. The average Bonchev–Trinajstić information content (AvgIpc) is 2.74. The highest BCUT2D eigenvalue weighted by Gasteiger charge is 2.17. The van der Waals surface area contributed by atoms with E-state index in [1.807, 2.05) is 12.1 Å². The van der Waals surface area contributed by atoms with Gasteiger partial charge in [-0.3, -0.25) is 0 Å². The Kier molecular flexibility index (Phi) is 3.08. The van der Waals surface area contributed by atoms with Gasteiger partial charge in [0, 0.05) is 31.4 Å². The van der Waals surface area contributed by atoms with Gasteiger partial charge in [-0.2, -0.15) is 0 Å². The van der Waals surface area contributed by atoms with E-state index in [9.17, 15) is 0 Å². The quantitative estimate of drug-likeness (QED) is 0.834. The molecule has 6 nitrogen and oxygen atoms in total. The first-order valence-corrected chi connectivity index (χ1v) is 7.19. The minimum absolute atomic E-state index is 0.725. The van der Waals surface area contributed by atoms with Crippen molar-refractivity contribution in [3.05, 3.63) is 36.0 Å². The maximum atomic E-state index is 5.39. The van der Waals surface area contributed by atoms with Gasteiger partial charge >= 0.3 is 0 Å². The summed E-state index contributed by atoms with van der Waals surface area (Å²) in [5, 5.41) is 6.74. The summed E-state index contributed by atoms with van der Waals surface area (Å²) in [5.74, 6) is 2.76. The molecule has 2 aromatic heterocycles. The number of hydrogen-bond acceptors (Lipinski definition) is 6. The van der Waals surface area contributed by atoms with Crippen LogP contribution in [0.1, 0.15) is 5.56 Å². The zero-order valence-electron chi connectivity index (χ0n) is 11.7. The highest BCUT2D eigenvalue weighted by molar-refractivity contribution is 5.75. The van der Waals surface area contributed by atoms with Crippen molar-refractivity contribution in [1.82, 2.24) is 9.97 Å². The van der Waals surface area contributed by atoms with Crippen molar-refractivity contribution < 1.29 is 4.74 Å². The maximum absolute atomic E-state index is 5.39. The van der Waals surface area contributed by atoms with E-state index in [1.165, 1.54) is 0 Å². The SMILES string of the molecule is c1cnc2c(c1)CNc1nc(N3CCOCC3)ccc1N2. The Morgan fingerprint density at radius 1 is 1.10 bits per heavy atom. The largest absolute Gasteiger partial charge is 0.378 e. The minimum Gasteiger partial charge on any atom is -0.378 e. The molecule has 2 aliphatic heterocycles. The Bertz CT molecular complexity index is 654. The first-order chi connectivity index (χ1) is 10.4. The predicted octanol–water partition coefficient (Wildman–Crippen LogP) is 1.98. The molecule has 0 unspecified atom stereocenters. The van der Waals surface area contributed by atoms with E-state index in [1.54, 1.807) is 6.20 Å². The van der Waals surface area contributed by atoms with E-state index in [4.69, 9.17) is 9.72 Å². The van der Waals surface area contributed by atoms with Crippen LogP contribution in [0.15, 0.2) is 30.5 Å². The zero-order valence-corrected chi connectivity index (χ0v) is 11.7. The molecule has 0 aromatic carbocycles. The lowest BCUT2D eigenvalue weighted by atomic mass is 10.2. The first kappa shape index (κ1) is 12.4. The smallest absolute Gasteiger partial charge is 0.152 e. The first-order valence-electron chi connectivity index (χ1n) is 7.19. The predicted molar refractivity (Wildman–Crippen MR) is 82.1 cm³/mol. The molecule has 4 heterocycles. The highest BCUT2D eigenvalue weighted by atomic mass is 16.5. The second-order valence-electron chi connectivity index (χ2n) is 5.15. The summed E-state index contributed by atoms with van der Waals surface area (Å²) >= 11 is 0. The number of morpholine rings is 1. The molecule has 2 aromatic rings. The van der Waals surface area contributed by atoms with Gasteiger partial charge in [0.25, 0.3) is 0 Å². The number of aromatic nitrogens is 2. The van der Waals surface area contributed by atoms with Gasteiger partial charge in [-0.15, -0.1) is 0 Å². The zero-order chi connectivity index (χ0) is 14.1. The van der Waals surface area contributed by atoms with E-state index in [0.717, 1.165) is 61.6 Å². The third-order valence-electron chi connectivity index (χ3n) is 3.81. The summed E-state index contributed by atoms with van der Waals surface area (Å²) in [6.45, 7) is 4.03. The topological polar surface area (TPSA) is 62.3 Å². The van der Waals surface area contributed by atoms with Crippen LogP contribution < -0.4 is 15.5 Å². The van der Waals surface area contributed by atoms with Crippen LogP contribution in [0.4, 0.5) is 23.1 Å². The monoisotopic (exact) mass is 283 g/mol. The summed E-state index contributed by atoms with van der Waals surface area (Å²) in [6, 6.07) is 8.12. The Hall–Kier alpha value is -2.34. The van der Waals surface area contributed by atoms with Gasteiger partial charge in [0.2, 0.25) is 0 Å². The van der Waals surface area contributed by atoms with Crippen molar-refractivity contribution in [2.75, 3.05) is 41.8 Å². The number of fused-ring (bicyclic) bond motifs is 2. The highest BCUT2D eigenvalue weighted by Crippen LogP contribution is 2.31. The third kappa shape index (κ3) is 2.38. The second kappa shape index (κ2) is 5.21. The molecule has 0 aliphatic carbocycles. The lowest BCUT2D eigenvalue weighted by Crippen LogP contribution is -2.36. The maximum Gasteiger partial charge on any atom is 0.152 e. The van der Waals surface area contributed by atoms with Crippen molar-refractivity contribution in [2.45, 2.75) is 6.54 Å². The van der Waals surface area contributed by atoms with Crippen LogP contribution >= 0.6 is 0 Å². The Morgan fingerprint density at radius 2 is 2.00 bits per heavy atom. The van der Waals surface area contributed by atoms with Gasteiger partial charge in [-0.05, 0) is 18.2 Å². The molecule has 0 saturated carbocycles. The van der Waals surface area contributed by atoms with Gasteiger partial charge in [0.15, 0.2) is 5.82 Å². The molecule has 2 N–H and O–H groups in total. The minimum atomic E-state index is 0.725. The number of nitrogens with zero attached hydrogens (tertiary/aromatic N) is 3. The Labute approximate surface area is 123 Å². The number of pyridine rings is 2. The molecule has 4 rings (SSSR count). The van der Waals surface area contributed by atoms with Crippen LogP contribution in [0, 0.1) is 0 Å². The van der Waals surface area contributed by atoms with E-state index < -0.39 is 0 Å². The molecule has 21 heavy (non-hydrogen) atoms. The van der Waals surface area contributed by atoms with E-state index in [2.05, 4.69) is 32.7 Å². The molecule has 1 fully saturated rings. The molecule has 108 valence electrons. The van der Waals surface area contributed by atoms with Crippen LogP contribution in [0.25, 0.3) is 0 Å². The normalized spacial score (nSPS) is 17.0. The van der Waals surface area contributed by atoms with Crippen LogP contribution in [-0.4, -0.2) is 36.3 Å². The Morgan fingerprint density at radius 3 is 2.90 bits per heavy atom. The van der Waals surface area contributed by atoms with Gasteiger partial charge < -0.3 is 20.3 Å². The number of rotatable bonds is 1. The van der Waals surface area contributed by atoms with Crippen molar-refractivity contribution in [2.24, 2.45) is 0 Å². The third-order valence-corrected chi connectivity index (χ3v) is 3.81.